The highest BCUT2D eigenvalue weighted by molar-refractivity contribution is 5.94. The number of carboxylic acid groups (broad SMARTS) is 2. The number of rotatable bonds is 5. The largest absolute Gasteiger partial charge is 0.481 e. The standard InChI is InChI=1S/2C8H8O.C4H6O4/c2*1-7(9)8-5-3-2-4-6-8;5-3(6)1-2-4(7)8/h2*2-6H,1H3;1-2H2,(H,5,6)(H,7,8). The third-order valence-electron chi connectivity index (χ3n) is 2.91. The number of benzene rings is 2. The van der Waals surface area contributed by atoms with Gasteiger partial charge in [-0.2, -0.15) is 0 Å². The molecule has 2 rings (SSSR count). The van der Waals surface area contributed by atoms with Crippen LogP contribution >= 0.6 is 0 Å². The van der Waals surface area contributed by atoms with E-state index in [4.69, 9.17) is 10.2 Å². The number of carbonyl (C=O) groups excluding carboxylic acids is 2. The fourth-order valence-electron chi connectivity index (χ4n) is 1.56. The van der Waals surface area contributed by atoms with Gasteiger partial charge < -0.3 is 10.2 Å². The molecule has 0 fully saturated rings. The van der Waals surface area contributed by atoms with Crippen LogP contribution in [0.2, 0.25) is 0 Å². The second-order valence-corrected chi connectivity index (χ2v) is 5.13. The first-order valence-corrected chi connectivity index (χ1v) is 7.79. The molecule has 0 atom stereocenters. The Morgan fingerprint density at radius 1 is 0.615 bits per heavy atom. The quantitative estimate of drug-likeness (QED) is 0.789. The predicted molar refractivity (Wildman–Crippen MR) is 97.4 cm³/mol. The molecule has 2 N–H and O–H groups in total. The third kappa shape index (κ3) is 12.2. The lowest BCUT2D eigenvalue weighted by Gasteiger charge is -1.89. The van der Waals surface area contributed by atoms with E-state index in [9.17, 15) is 19.2 Å². The van der Waals surface area contributed by atoms with Crippen molar-refractivity contribution in [3.8, 4) is 0 Å². The van der Waals surface area contributed by atoms with Gasteiger partial charge in [0, 0.05) is 11.1 Å². The van der Waals surface area contributed by atoms with Crippen LogP contribution in [-0.2, 0) is 9.59 Å². The van der Waals surface area contributed by atoms with Crippen LogP contribution in [0.15, 0.2) is 60.7 Å². The second-order valence-electron chi connectivity index (χ2n) is 5.13. The average Bonchev–Trinajstić information content (AvgIpc) is 2.62. The van der Waals surface area contributed by atoms with E-state index in [0.717, 1.165) is 11.1 Å². The summed E-state index contributed by atoms with van der Waals surface area (Å²) in [6.07, 6.45) is -0.593. The van der Waals surface area contributed by atoms with Gasteiger partial charge in [-0.15, -0.1) is 0 Å². The maximum Gasteiger partial charge on any atom is 0.303 e. The zero-order chi connectivity index (χ0) is 19.9. The Bertz CT molecular complexity index is 644. The van der Waals surface area contributed by atoms with E-state index >= 15 is 0 Å². The van der Waals surface area contributed by atoms with E-state index in [1.54, 1.807) is 13.8 Å². The number of Topliss-reactive ketones (excluding diaryl/α,β-unsaturated/α-hetero) is 2. The van der Waals surface area contributed by atoms with Gasteiger partial charge in [-0.25, -0.2) is 0 Å². The van der Waals surface area contributed by atoms with Crippen molar-refractivity contribution < 1.29 is 29.4 Å². The van der Waals surface area contributed by atoms with Crippen molar-refractivity contribution >= 4 is 23.5 Å². The lowest BCUT2D eigenvalue weighted by atomic mass is 10.2. The third-order valence-corrected chi connectivity index (χ3v) is 2.91. The highest BCUT2D eigenvalue weighted by Crippen LogP contribution is 1.98. The Labute approximate surface area is 152 Å². The van der Waals surface area contributed by atoms with Crippen molar-refractivity contribution in [2.24, 2.45) is 0 Å². The second kappa shape index (κ2) is 13.1. The molecule has 0 aliphatic rings. The highest BCUT2D eigenvalue weighted by atomic mass is 16.4. The average molecular weight is 358 g/mol. The summed E-state index contributed by atoms with van der Waals surface area (Å²) >= 11 is 0. The number of hydrogen-bond donors (Lipinski definition) is 2. The summed E-state index contributed by atoms with van der Waals surface area (Å²) in [5, 5.41) is 15.8. The van der Waals surface area contributed by atoms with Gasteiger partial charge in [-0.05, 0) is 13.8 Å². The number of aliphatic carboxylic acids is 2. The van der Waals surface area contributed by atoms with Crippen LogP contribution < -0.4 is 0 Å². The van der Waals surface area contributed by atoms with E-state index in [0.29, 0.717) is 0 Å². The van der Waals surface area contributed by atoms with Crippen molar-refractivity contribution in [3.63, 3.8) is 0 Å². The normalized spacial score (nSPS) is 8.85. The van der Waals surface area contributed by atoms with Gasteiger partial charge >= 0.3 is 11.9 Å². The van der Waals surface area contributed by atoms with E-state index < -0.39 is 11.9 Å². The molecule has 138 valence electrons. The molecule has 0 saturated heterocycles. The molecule has 0 bridgehead atoms. The van der Waals surface area contributed by atoms with Gasteiger partial charge in [0.1, 0.15) is 0 Å². The summed E-state index contributed by atoms with van der Waals surface area (Å²) in [5.74, 6) is -1.91. The van der Waals surface area contributed by atoms with Gasteiger partial charge in [0.2, 0.25) is 0 Å². The number of carboxylic acids is 2. The van der Waals surface area contributed by atoms with E-state index in [1.807, 2.05) is 60.7 Å². The molecule has 0 aliphatic carbocycles. The van der Waals surface area contributed by atoms with Crippen LogP contribution in [-0.4, -0.2) is 33.7 Å². The van der Waals surface area contributed by atoms with Crippen LogP contribution in [0.3, 0.4) is 0 Å². The zero-order valence-corrected chi connectivity index (χ0v) is 14.7. The summed E-state index contributed by atoms with van der Waals surface area (Å²) in [7, 11) is 0. The van der Waals surface area contributed by atoms with E-state index in [1.165, 1.54) is 0 Å². The predicted octanol–water partition coefficient (Wildman–Crippen LogP) is 3.71. The Balaban J connectivity index is 0.000000362. The monoisotopic (exact) mass is 358 g/mol. The Kier molecular flexibility index (Phi) is 11.4. The van der Waals surface area contributed by atoms with Crippen molar-refractivity contribution in [1.82, 2.24) is 0 Å². The minimum Gasteiger partial charge on any atom is -0.481 e. The van der Waals surface area contributed by atoms with Crippen LogP contribution in [0.5, 0.6) is 0 Å². The van der Waals surface area contributed by atoms with Gasteiger partial charge in [-0.3, -0.25) is 19.2 Å². The zero-order valence-electron chi connectivity index (χ0n) is 14.7. The maximum atomic E-state index is 10.6. The summed E-state index contributed by atoms with van der Waals surface area (Å²) in [6.45, 7) is 3.13. The first-order chi connectivity index (χ1) is 12.2. The lowest BCUT2D eigenvalue weighted by Crippen LogP contribution is -2.00. The van der Waals surface area contributed by atoms with Crippen molar-refractivity contribution in [3.05, 3.63) is 71.8 Å². The van der Waals surface area contributed by atoms with E-state index in [2.05, 4.69) is 0 Å². The molecule has 0 aliphatic heterocycles. The minimum atomic E-state index is -1.08. The van der Waals surface area contributed by atoms with Gasteiger partial charge in [0.05, 0.1) is 12.8 Å². The molecule has 0 unspecified atom stereocenters. The smallest absolute Gasteiger partial charge is 0.303 e. The molecule has 2 aromatic rings. The number of carbonyl (C=O) groups is 4. The fourth-order valence-corrected chi connectivity index (χ4v) is 1.56. The Morgan fingerprint density at radius 2 is 0.885 bits per heavy atom. The van der Waals surface area contributed by atoms with E-state index in [-0.39, 0.29) is 24.4 Å². The highest BCUT2D eigenvalue weighted by Gasteiger charge is 2.00. The van der Waals surface area contributed by atoms with Gasteiger partial charge in [0.25, 0.3) is 0 Å². The molecule has 0 amide bonds. The maximum absolute atomic E-state index is 10.6. The Hall–Kier alpha value is -3.28. The summed E-state index contributed by atoms with van der Waals surface area (Å²) < 4.78 is 0. The first kappa shape index (κ1) is 22.7. The minimum absolute atomic E-state index is 0.121. The molecule has 2 aromatic carbocycles. The van der Waals surface area contributed by atoms with Crippen molar-refractivity contribution in [2.75, 3.05) is 0 Å². The van der Waals surface area contributed by atoms with Crippen LogP contribution in [0, 0.1) is 0 Å². The molecule has 0 spiro atoms. The molecular formula is C20H22O6. The topological polar surface area (TPSA) is 109 Å². The molecule has 0 heterocycles. The lowest BCUT2D eigenvalue weighted by molar-refractivity contribution is -0.143. The summed E-state index contributed by atoms with van der Waals surface area (Å²) in [6, 6.07) is 18.5. The van der Waals surface area contributed by atoms with Crippen LogP contribution in [0.1, 0.15) is 47.4 Å². The molecule has 6 heteroatoms. The fraction of sp³-hybridized carbons (Fsp3) is 0.200. The SMILES string of the molecule is CC(=O)c1ccccc1.CC(=O)c1ccccc1.O=C(O)CCC(=O)O. The van der Waals surface area contributed by atoms with Crippen LogP contribution in [0.25, 0.3) is 0 Å². The molecule has 26 heavy (non-hydrogen) atoms. The van der Waals surface area contributed by atoms with Crippen molar-refractivity contribution in [2.45, 2.75) is 26.7 Å². The van der Waals surface area contributed by atoms with Crippen LogP contribution in [0.4, 0.5) is 0 Å². The first-order valence-electron chi connectivity index (χ1n) is 7.79. The molecule has 6 nitrogen and oxygen atoms in total. The Morgan fingerprint density at radius 3 is 1.04 bits per heavy atom. The van der Waals surface area contributed by atoms with Gasteiger partial charge in [-0.1, -0.05) is 60.7 Å². The van der Waals surface area contributed by atoms with Gasteiger partial charge in [0.15, 0.2) is 11.6 Å². The number of hydrogen-bond acceptors (Lipinski definition) is 4. The molecule has 0 saturated carbocycles. The summed E-state index contributed by atoms with van der Waals surface area (Å²) in [4.78, 5) is 40.6. The molecule has 0 aromatic heterocycles. The molecular weight excluding hydrogens is 336 g/mol. The summed E-state index contributed by atoms with van der Waals surface area (Å²) in [5.41, 5.74) is 1.55. The van der Waals surface area contributed by atoms with Crippen molar-refractivity contribution in [1.29, 1.82) is 0 Å². The number of ketones is 2. The molecule has 0 radical (unpaired) electrons.